The van der Waals surface area contributed by atoms with E-state index < -0.39 is 22.1 Å². The van der Waals surface area contributed by atoms with Gasteiger partial charge >= 0.3 is 5.97 Å². The van der Waals surface area contributed by atoms with E-state index in [9.17, 15) is 13.2 Å². The third kappa shape index (κ3) is 3.69. The first-order valence-electron chi connectivity index (χ1n) is 9.11. The summed E-state index contributed by atoms with van der Waals surface area (Å²) in [6.07, 6.45) is 2.10. The first-order chi connectivity index (χ1) is 13.4. The molecule has 2 aromatic heterocycles. The van der Waals surface area contributed by atoms with Crippen molar-refractivity contribution in [3.8, 4) is 0 Å². The van der Waals surface area contributed by atoms with E-state index in [1.54, 1.807) is 6.92 Å². The Hall–Kier alpha value is -2.23. The van der Waals surface area contributed by atoms with Crippen LogP contribution < -0.4 is 0 Å². The van der Waals surface area contributed by atoms with Crippen LogP contribution in [0.3, 0.4) is 0 Å². The van der Waals surface area contributed by atoms with Gasteiger partial charge in [0.2, 0.25) is 10.9 Å². The zero-order chi connectivity index (χ0) is 19.7. The molecule has 0 saturated carbocycles. The van der Waals surface area contributed by atoms with Crippen molar-refractivity contribution in [2.75, 3.05) is 13.1 Å². The summed E-state index contributed by atoms with van der Waals surface area (Å²) < 4.78 is 38.4. The van der Waals surface area contributed by atoms with Crippen LogP contribution in [0.1, 0.15) is 47.9 Å². The van der Waals surface area contributed by atoms with Gasteiger partial charge in [-0.2, -0.15) is 4.31 Å². The summed E-state index contributed by atoms with van der Waals surface area (Å²) in [6, 6.07) is 10.3. The summed E-state index contributed by atoms with van der Waals surface area (Å²) in [5.74, 6) is -0.851. The van der Waals surface area contributed by atoms with Crippen molar-refractivity contribution in [3.05, 3.63) is 47.2 Å². The van der Waals surface area contributed by atoms with E-state index in [0.717, 1.165) is 29.5 Å². The number of carbonyl (C=O) groups is 1. The van der Waals surface area contributed by atoms with Crippen molar-refractivity contribution in [3.63, 3.8) is 0 Å². The van der Waals surface area contributed by atoms with Crippen molar-refractivity contribution in [2.24, 2.45) is 0 Å². The molecule has 1 aliphatic rings. The Morgan fingerprint density at radius 2 is 1.93 bits per heavy atom. The number of furan rings is 1. The van der Waals surface area contributed by atoms with Gasteiger partial charge in [-0.05, 0) is 44.0 Å². The predicted molar refractivity (Wildman–Crippen MR) is 105 cm³/mol. The Bertz CT molecular complexity index is 1060. The highest BCUT2D eigenvalue weighted by atomic mass is 32.2. The van der Waals surface area contributed by atoms with Crippen LogP contribution in [0.25, 0.3) is 10.2 Å². The Kier molecular flexibility index (Phi) is 5.22. The van der Waals surface area contributed by atoms with Gasteiger partial charge in [0.25, 0.3) is 10.0 Å². The molecule has 0 aliphatic carbocycles. The number of fused-ring (bicyclic) bond motifs is 1. The van der Waals surface area contributed by atoms with Gasteiger partial charge in [0.1, 0.15) is 5.01 Å². The molecule has 1 atom stereocenters. The third-order valence-electron chi connectivity index (χ3n) is 4.63. The second-order valence-corrected chi connectivity index (χ2v) is 9.58. The molecule has 0 amide bonds. The maximum atomic E-state index is 12.6. The summed E-state index contributed by atoms with van der Waals surface area (Å²) in [5, 5.41) is 0.441. The number of hydrogen-bond acceptors (Lipinski definition) is 7. The average Bonchev–Trinajstić information content (AvgIpc) is 3.36. The molecule has 0 unspecified atom stereocenters. The van der Waals surface area contributed by atoms with E-state index in [4.69, 9.17) is 9.15 Å². The molecule has 1 aromatic carbocycles. The number of benzene rings is 1. The minimum Gasteiger partial charge on any atom is -0.449 e. The third-order valence-corrected chi connectivity index (χ3v) is 7.60. The van der Waals surface area contributed by atoms with Gasteiger partial charge < -0.3 is 9.15 Å². The van der Waals surface area contributed by atoms with Crippen LogP contribution in [-0.2, 0) is 14.8 Å². The molecule has 9 heteroatoms. The number of para-hydroxylation sites is 1. The van der Waals surface area contributed by atoms with Gasteiger partial charge in [0.15, 0.2) is 6.10 Å². The fraction of sp³-hybridized carbons (Fsp3) is 0.368. The Morgan fingerprint density at radius 1 is 1.18 bits per heavy atom. The fourth-order valence-corrected chi connectivity index (χ4v) is 5.51. The van der Waals surface area contributed by atoms with Crippen LogP contribution >= 0.6 is 11.3 Å². The average molecular weight is 421 g/mol. The summed E-state index contributed by atoms with van der Waals surface area (Å²) in [7, 11) is -3.72. The van der Waals surface area contributed by atoms with Crippen LogP contribution in [0.2, 0.25) is 0 Å². The Morgan fingerprint density at radius 3 is 2.68 bits per heavy atom. The number of thiazole rings is 1. The smallest absolute Gasteiger partial charge is 0.374 e. The van der Waals surface area contributed by atoms with E-state index in [1.807, 2.05) is 24.3 Å². The predicted octanol–water partition coefficient (Wildman–Crippen LogP) is 3.98. The zero-order valence-electron chi connectivity index (χ0n) is 15.3. The Balaban J connectivity index is 1.48. The standard InChI is InChI=1S/C19H20N2O5S2/c1-13(18-20-14-7-3-4-8-16(14)27-18)25-19(22)15-9-10-17(26-15)28(23,24)21-11-5-2-6-12-21/h3-4,7-10,13H,2,5-6,11-12H2,1H3/t13-/m1/s1. The molecule has 148 valence electrons. The molecule has 1 aliphatic heterocycles. The molecule has 0 spiro atoms. The second-order valence-electron chi connectivity index (χ2n) is 6.65. The highest BCUT2D eigenvalue weighted by Crippen LogP contribution is 2.29. The zero-order valence-corrected chi connectivity index (χ0v) is 17.0. The van der Waals surface area contributed by atoms with E-state index in [2.05, 4.69) is 4.98 Å². The number of hydrogen-bond donors (Lipinski definition) is 0. The van der Waals surface area contributed by atoms with Gasteiger partial charge in [-0.25, -0.2) is 18.2 Å². The molecule has 1 fully saturated rings. The lowest BCUT2D eigenvalue weighted by Crippen LogP contribution is -2.35. The number of esters is 1. The van der Waals surface area contributed by atoms with E-state index in [1.165, 1.54) is 27.8 Å². The molecule has 0 radical (unpaired) electrons. The van der Waals surface area contributed by atoms with Crippen LogP contribution in [-0.4, -0.2) is 36.8 Å². The van der Waals surface area contributed by atoms with Crippen molar-refractivity contribution in [1.29, 1.82) is 0 Å². The van der Waals surface area contributed by atoms with E-state index in [0.29, 0.717) is 18.1 Å². The molecule has 7 nitrogen and oxygen atoms in total. The number of rotatable bonds is 5. The van der Waals surface area contributed by atoms with Crippen LogP contribution in [0.15, 0.2) is 45.9 Å². The van der Waals surface area contributed by atoms with Crippen LogP contribution in [0.5, 0.6) is 0 Å². The molecular formula is C19H20N2O5S2. The van der Waals surface area contributed by atoms with Gasteiger partial charge in [0.05, 0.1) is 10.2 Å². The molecule has 0 N–H and O–H groups in total. The molecule has 0 bridgehead atoms. The number of nitrogens with zero attached hydrogens (tertiary/aromatic N) is 2. The monoisotopic (exact) mass is 420 g/mol. The van der Waals surface area contributed by atoms with Crippen LogP contribution in [0, 0.1) is 0 Å². The maximum Gasteiger partial charge on any atom is 0.374 e. The first kappa shape index (κ1) is 19.1. The number of piperidine rings is 1. The molecule has 3 aromatic rings. The summed E-state index contributed by atoms with van der Waals surface area (Å²) >= 11 is 1.45. The molecule has 1 saturated heterocycles. The lowest BCUT2D eigenvalue weighted by atomic mass is 10.2. The highest BCUT2D eigenvalue weighted by molar-refractivity contribution is 7.89. The molecule has 3 heterocycles. The summed E-state index contributed by atoms with van der Waals surface area (Å²) in [6.45, 7) is 2.67. The first-order valence-corrected chi connectivity index (χ1v) is 11.4. The molecule has 28 heavy (non-hydrogen) atoms. The Labute approximate surface area is 167 Å². The topological polar surface area (TPSA) is 89.7 Å². The van der Waals surface area contributed by atoms with Gasteiger partial charge in [-0.3, -0.25) is 0 Å². The van der Waals surface area contributed by atoms with Crippen molar-refractivity contribution < 1.29 is 22.4 Å². The molecular weight excluding hydrogens is 400 g/mol. The largest absolute Gasteiger partial charge is 0.449 e. The number of ether oxygens (including phenoxy) is 1. The minimum absolute atomic E-state index is 0.136. The lowest BCUT2D eigenvalue weighted by molar-refractivity contribution is 0.0295. The quantitative estimate of drug-likeness (QED) is 0.580. The highest BCUT2D eigenvalue weighted by Gasteiger charge is 2.30. The SMILES string of the molecule is C[C@@H](OC(=O)c1ccc(S(=O)(=O)N2CCCCC2)o1)c1nc2ccccc2s1. The number of carbonyl (C=O) groups excluding carboxylic acids is 1. The summed E-state index contributed by atoms with van der Waals surface area (Å²) in [4.78, 5) is 16.9. The lowest BCUT2D eigenvalue weighted by Gasteiger charge is -2.24. The normalized spacial score (nSPS) is 16.9. The van der Waals surface area contributed by atoms with Crippen molar-refractivity contribution >= 4 is 37.5 Å². The van der Waals surface area contributed by atoms with Gasteiger partial charge in [-0.1, -0.05) is 18.6 Å². The van der Waals surface area contributed by atoms with Crippen molar-refractivity contribution in [1.82, 2.24) is 9.29 Å². The molecule has 4 rings (SSSR count). The van der Waals surface area contributed by atoms with Gasteiger partial charge in [-0.15, -0.1) is 11.3 Å². The summed E-state index contributed by atoms with van der Waals surface area (Å²) in [5.41, 5.74) is 0.846. The van der Waals surface area contributed by atoms with Gasteiger partial charge in [0, 0.05) is 13.1 Å². The minimum atomic E-state index is -3.72. The van der Waals surface area contributed by atoms with Crippen LogP contribution in [0.4, 0.5) is 0 Å². The number of sulfonamides is 1. The van der Waals surface area contributed by atoms with Crippen molar-refractivity contribution in [2.45, 2.75) is 37.4 Å². The maximum absolute atomic E-state index is 12.6. The van der Waals surface area contributed by atoms with E-state index >= 15 is 0 Å². The van der Waals surface area contributed by atoms with E-state index in [-0.39, 0.29) is 10.9 Å². The second kappa shape index (κ2) is 7.65. The number of aromatic nitrogens is 1. The fourth-order valence-electron chi connectivity index (χ4n) is 3.13.